The van der Waals surface area contributed by atoms with Crippen LogP contribution >= 0.6 is 11.6 Å². The average Bonchev–Trinajstić information content (AvgIpc) is 3.32. The third-order valence-corrected chi connectivity index (χ3v) is 4.25. The molecule has 3 aromatic heterocycles. The van der Waals surface area contributed by atoms with E-state index in [4.69, 9.17) is 16.1 Å². The summed E-state index contributed by atoms with van der Waals surface area (Å²) < 4.78 is 7.02. The van der Waals surface area contributed by atoms with Crippen molar-refractivity contribution in [1.29, 1.82) is 0 Å². The first-order chi connectivity index (χ1) is 13.6. The number of carbonyl (C=O) groups excluding carboxylic acids is 1. The zero-order valence-electron chi connectivity index (χ0n) is 14.8. The fourth-order valence-electron chi connectivity index (χ4n) is 2.60. The third kappa shape index (κ3) is 3.91. The number of rotatable bonds is 5. The van der Waals surface area contributed by atoms with Crippen LogP contribution in [0.2, 0.25) is 5.02 Å². The van der Waals surface area contributed by atoms with Gasteiger partial charge in [0.25, 0.3) is 5.89 Å². The van der Waals surface area contributed by atoms with Crippen molar-refractivity contribution >= 4 is 23.2 Å². The van der Waals surface area contributed by atoms with Crippen molar-refractivity contribution in [3.8, 4) is 23.0 Å². The van der Waals surface area contributed by atoms with Gasteiger partial charge in [0.05, 0.1) is 0 Å². The number of pyridine rings is 1. The van der Waals surface area contributed by atoms with Gasteiger partial charge in [-0.2, -0.15) is 4.98 Å². The highest BCUT2D eigenvalue weighted by molar-refractivity contribution is 6.30. The number of hydrogen-bond acceptors (Lipinski definition) is 6. The van der Waals surface area contributed by atoms with Crippen molar-refractivity contribution in [2.45, 2.75) is 13.5 Å². The van der Waals surface area contributed by atoms with Crippen molar-refractivity contribution < 1.29 is 9.32 Å². The Hall–Kier alpha value is -3.52. The number of nitrogens with zero attached hydrogens (tertiary/aromatic N) is 5. The molecule has 0 saturated carbocycles. The first-order valence-electron chi connectivity index (χ1n) is 8.42. The molecule has 3 heterocycles. The molecular weight excluding hydrogens is 380 g/mol. The zero-order chi connectivity index (χ0) is 19.5. The van der Waals surface area contributed by atoms with Crippen molar-refractivity contribution in [3.05, 3.63) is 65.8 Å². The molecule has 0 bridgehead atoms. The van der Waals surface area contributed by atoms with Gasteiger partial charge in [0.1, 0.15) is 18.1 Å². The Kier molecular flexibility index (Phi) is 4.86. The van der Waals surface area contributed by atoms with Gasteiger partial charge in [0.15, 0.2) is 0 Å². The van der Waals surface area contributed by atoms with Gasteiger partial charge in [-0.25, -0.2) is 4.98 Å². The van der Waals surface area contributed by atoms with Gasteiger partial charge >= 0.3 is 0 Å². The van der Waals surface area contributed by atoms with Crippen LogP contribution in [0.15, 0.2) is 59.5 Å². The van der Waals surface area contributed by atoms with E-state index in [2.05, 4.69) is 25.4 Å². The van der Waals surface area contributed by atoms with Gasteiger partial charge in [-0.15, -0.1) is 0 Å². The number of anilines is 1. The Bertz CT molecular complexity index is 1110. The molecular formula is C19H15ClN6O2. The zero-order valence-corrected chi connectivity index (χ0v) is 15.6. The van der Waals surface area contributed by atoms with Crippen LogP contribution in [0.1, 0.15) is 5.82 Å². The average molecular weight is 395 g/mol. The molecule has 1 amide bonds. The number of benzene rings is 1. The maximum absolute atomic E-state index is 12.3. The molecule has 0 fully saturated rings. The third-order valence-electron chi connectivity index (χ3n) is 4.00. The van der Waals surface area contributed by atoms with Crippen LogP contribution in [-0.4, -0.2) is 30.6 Å². The fourth-order valence-corrected chi connectivity index (χ4v) is 2.73. The van der Waals surface area contributed by atoms with Gasteiger partial charge < -0.3 is 14.4 Å². The van der Waals surface area contributed by atoms with E-state index in [1.54, 1.807) is 59.6 Å². The maximum Gasteiger partial charge on any atom is 0.258 e. The Morgan fingerprint density at radius 2 is 1.89 bits per heavy atom. The minimum atomic E-state index is -0.181. The van der Waals surface area contributed by atoms with E-state index in [-0.39, 0.29) is 12.5 Å². The minimum Gasteiger partial charge on any atom is -0.334 e. The topological polar surface area (TPSA) is 98.7 Å². The molecule has 0 aliphatic heterocycles. The molecule has 4 rings (SSSR count). The van der Waals surface area contributed by atoms with Crippen molar-refractivity contribution in [2.24, 2.45) is 0 Å². The van der Waals surface area contributed by atoms with E-state index in [0.717, 1.165) is 5.56 Å². The number of imidazole rings is 1. The molecule has 28 heavy (non-hydrogen) atoms. The van der Waals surface area contributed by atoms with Gasteiger partial charge in [-0.3, -0.25) is 9.78 Å². The molecule has 0 radical (unpaired) electrons. The van der Waals surface area contributed by atoms with E-state index in [1.807, 2.05) is 6.92 Å². The Balaban J connectivity index is 1.48. The molecule has 140 valence electrons. The first-order valence-corrected chi connectivity index (χ1v) is 8.80. The van der Waals surface area contributed by atoms with Gasteiger partial charge in [0.2, 0.25) is 11.7 Å². The fraction of sp³-hybridized carbons (Fsp3) is 0.105. The van der Waals surface area contributed by atoms with Crippen molar-refractivity contribution in [3.63, 3.8) is 0 Å². The van der Waals surface area contributed by atoms with Gasteiger partial charge in [-0.1, -0.05) is 16.8 Å². The molecule has 8 nitrogen and oxygen atoms in total. The smallest absolute Gasteiger partial charge is 0.258 e. The van der Waals surface area contributed by atoms with Crippen molar-refractivity contribution in [2.75, 3.05) is 5.32 Å². The summed E-state index contributed by atoms with van der Waals surface area (Å²) in [7, 11) is 0. The summed E-state index contributed by atoms with van der Waals surface area (Å²) in [6, 6.07) is 10.5. The Labute approximate surface area is 165 Å². The highest BCUT2D eigenvalue weighted by Gasteiger charge is 2.15. The molecule has 9 heteroatoms. The standard InChI is InChI=1S/C19H15ClN6O2/c1-12-22-16(18-24-19(28-25-18)13-6-8-21-9-7-13)10-26(12)11-17(27)23-15-4-2-14(20)3-5-15/h2-10H,11H2,1H3,(H,23,27). The Morgan fingerprint density at radius 3 is 2.64 bits per heavy atom. The Morgan fingerprint density at radius 1 is 1.14 bits per heavy atom. The number of nitrogens with one attached hydrogen (secondary N) is 1. The van der Waals surface area contributed by atoms with Crippen molar-refractivity contribution in [1.82, 2.24) is 24.7 Å². The van der Waals surface area contributed by atoms with Crippen LogP contribution in [0, 0.1) is 6.92 Å². The molecule has 1 N–H and O–H groups in total. The van der Waals surface area contributed by atoms with E-state index < -0.39 is 0 Å². The van der Waals surface area contributed by atoms with Crippen LogP contribution < -0.4 is 5.32 Å². The lowest BCUT2D eigenvalue weighted by molar-refractivity contribution is -0.116. The van der Waals surface area contributed by atoms with Crippen LogP contribution in [0.5, 0.6) is 0 Å². The summed E-state index contributed by atoms with van der Waals surface area (Å²) in [6.45, 7) is 1.92. The second-order valence-corrected chi connectivity index (χ2v) is 6.45. The molecule has 0 atom stereocenters. The summed E-state index contributed by atoms with van der Waals surface area (Å²) in [5.41, 5.74) is 1.97. The summed E-state index contributed by atoms with van der Waals surface area (Å²) in [5, 5.41) is 7.41. The highest BCUT2D eigenvalue weighted by atomic mass is 35.5. The largest absolute Gasteiger partial charge is 0.334 e. The van der Waals surface area contributed by atoms with E-state index in [9.17, 15) is 4.79 Å². The summed E-state index contributed by atoms with van der Waals surface area (Å²) >= 11 is 5.85. The van der Waals surface area contributed by atoms with Crippen LogP contribution in [-0.2, 0) is 11.3 Å². The highest BCUT2D eigenvalue weighted by Crippen LogP contribution is 2.21. The first kappa shape index (κ1) is 17.9. The number of hydrogen-bond donors (Lipinski definition) is 1. The quantitative estimate of drug-likeness (QED) is 0.555. The molecule has 0 aliphatic carbocycles. The summed E-state index contributed by atoms with van der Waals surface area (Å²) in [4.78, 5) is 25.1. The number of aromatic nitrogens is 5. The monoisotopic (exact) mass is 394 g/mol. The number of amides is 1. The number of carbonyl (C=O) groups is 1. The normalized spacial score (nSPS) is 10.8. The SMILES string of the molecule is Cc1nc(-c2noc(-c3ccncc3)n2)cn1CC(=O)Nc1ccc(Cl)cc1. The second kappa shape index (κ2) is 7.61. The van der Waals surface area contributed by atoms with E-state index in [0.29, 0.717) is 33.9 Å². The number of halogens is 1. The second-order valence-electron chi connectivity index (χ2n) is 6.02. The van der Waals surface area contributed by atoms with Crippen LogP contribution in [0.25, 0.3) is 23.0 Å². The molecule has 0 unspecified atom stereocenters. The molecule has 0 saturated heterocycles. The summed E-state index contributed by atoms with van der Waals surface area (Å²) in [5.74, 6) is 1.22. The minimum absolute atomic E-state index is 0.108. The predicted molar refractivity (Wildman–Crippen MR) is 104 cm³/mol. The lowest BCUT2D eigenvalue weighted by atomic mass is 10.3. The molecule has 4 aromatic rings. The van der Waals surface area contributed by atoms with E-state index in [1.165, 1.54) is 0 Å². The molecule has 0 spiro atoms. The van der Waals surface area contributed by atoms with Gasteiger partial charge in [0, 0.05) is 34.9 Å². The van der Waals surface area contributed by atoms with Gasteiger partial charge in [-0.05, 0) is 43.3 Å². The number of aryl methyl sites for hydroxylation is 1. The van der Waals surface area contributed by atoms with Crippen LogP contribution in [0.4, 0.5) is 5.69 Å². The summed E-state index contributed by atoms with van der Waals surface area (Å²) in [6.07, 6.45) is 5.02. The lowest BCUT2D eigenvalue weighted by Crippen LogP contribution is -2.19. The van der Waals surface area contributed by atoms with Crippen LogP contribution in [0.3, 0.4) is 0 Å². The molecule has 0 aliphatic rings. The predicted octanol–water partition coefficient (Wildman–Crippen LogP) is 3.60. The maximum atomic E-state index is 12.3. The molecule has 1 aromatic carbocycles. The van der Waals surface area contributed by atoms with E-state index >= 15 is 0 Å². The lowest BCUT2D eigenvalue weighted by Gasteiger charge is -2.07.